The van der Waals surface area contributed by atoms with E-state index in [1.807, 2.05) is 13.0 Å². The third kappa shape index (κ3) is 4.26. The molecule has 3 heterocycles. The number of fused-ring (bicyclic) bond motifs is 1. The van der Waals surface area contributed by atoms with Gasteiger partial charge in [0.05, 0.1) is 24.3 Å². The molecule has 3 amide bonds. The number of rotatable bonds is 6. The van der Waals surface area contributed by atoms with E-state index in [4.69, 9.17) is 9.47 Å². The molecule has 0 bridgehead atoms. The van der Waals surface area contributed by atoms with E-state index < -0.39 is 17.8 Å². The van der Waals surface area contributed by atoms with Gasteiger partial charge in [-0.25, -0.2) is 4.79 Å². The molecule has 34 heavy (non-hydrogen) atoms. The number of carbonyl (C=O) groups is 4. The quantitative estimate of drug-likeness (QED) is 0.406. The van der Waals surface area contributed by atoms with Crippen molar-refractivity contribution in [2.75, 3.05) is 19.0 Å². The van der Waals surface area contributed by atoms with Gasteiger partial charge in [-0.05, 0) is 31.9 Å². The first kappa shape index (κ1) is 23.4. The van der Waals surface area contributed by atoms with Crippen LogP contribution in [0.5, 0.6) is 5.75 Å². The van der Waals surface area contributed by atoms with Gasteiger partial charge >= 0.3 is 5.97 Å². The van der Waals surface area contributed by atoms with Gasteiger partial charge in [-0.1, -0.05) is 12.1 Å². The summed E-state index contributed by atoms with van der Waals surface area (Å²) in [5.74, 6) is -1.72. The fourth-order valence-electron chi connectivity index (χ4n) is 4.03. The molecule has 178 valence electrons. The average Bonchev–Trinajstić information content (AvgIpc) is 3.28. The maximum absolute atomic E-state index is 12.6. The van der Waals surface area contributed by atoms with Crippen LogP contribution >= 0.6 is 11.3 Å². The highest BCUT2D eigenvalue weighted by Gasteiger charge is 2.32. The predicted molar refractivity (Wildman–Crippen MR) is 125 cm³/mol. The maximum atomic E-state index is 12.6. The van der Waals surface area contributed by atoms with Crippen molar-refractivity contribution in [3.05, 3.63) is 39.9 Å². The number of carbonyl (C=O) groups excluding carboxylic acids is 4. The Morgan fingerprint density at radius 1 is 1.29 bits per heavy atom. The molecule has 0 spiro atoms. The van der Waals surface area contributed by atoms with E-state index in [9.17, 15) is 19.2 Å². The molecule has 1 aliphatic rings. The van der Waals surface area contributed by atoms with Crippen molar-refractivity contribution in [3.63, 3.8) is 0 Å². The number of imide groups is 1. The number of hydrogen-bond donors (Lipinski definition) is 2. The number of piperidine rings is 1. The monoisotopic (exact) mass is 484 g/mol. The number of benzene rings is 1. The van der Waals surface area contributed by atoms with Gasteiger partial charge in [0.15, 0.2) is 6.61 Å². The zero-order valence-corrected chi connectivity index (χ0v) is 20.0. The summed E-state index contributed by atoms with van der Waals surface area (Å²) in [7, 11) is 3.02. The molecule has 2 N–H and O–H groups in total. The number of hydrogen-bond acceptors (Lipinski definition) is 8. The second-order valence-corrected chi connectivity index (χ2v) is 9.21. The van der Waals surface area contributed by atoms with E-state index in [0.29, 0.717) is 39.3 Å². The van der Waals surface area contributed by atoms with Crippen molar-refractivity contribution >= 4 is 50.9 Å². The summed E-state index contributed by atoms with van der Waals surface area (Å²) in [6.07, 6.45) is 0.631. The Labute approximate surface area is 199 Å². The normalized spacial score (nSPS) is 15.8. The number of methoxy groups -OCH3 is 1. The maximum Gasteiger partial charge on any atom is 0.341 e. The molecule has 1 fully saturated rings. The van der Waals surface area contributed by atoms with Crippen LogP contribution in [-0.4, -0.2) is 47.2 Å². The minimum atomic E-state index is -0.540. The first-order valence-electron chi connectivity index (χ1n) is 10.6. The molecule has 1 aliphatic heterocycles. The highest BCUT2D eigenvalue weighted by molar-refractivity contribution is 7.16. The number of nitrogens with one attached hydrogen (secondary N) is 2. The lowest BCUT2D eigenvalue weighted by Crippen LogP contribution is -2.39. The lowest BCUT2D eigenvalue weighted by Gasteiger charge is -2.19. The fourth-order valence-corrected chi connectivity index (χ4v) is 5.09. The van der Waals surface area contributed by atoms with E-state index in [1.54, 1.807) is 30.8 Å². The fraction of sp³-hybridized carbons (Fsp3) is 0.348. The summed E-state index contributed by atoms with van der Waals surface area (Å²) >= 11 is 1.29. The number of thiophene rings is 1. The summed E-state index contributed by atoms with van der Waals surface area (Å²) in [6, 6.07) is 5.30. The second kappa shape index (κ2) is 9.26. The van der Waals surface area contributed by atoms with Gasteiger partial charge < -0.3 is 14.8 Å². The van der Waals surface area contributed by atoms with Crippen LogP contribution in [0.25, 0.3) is 10.9 Å². The molecular weight excluding hydrogens is 460 g/mol. The van der Waals surface area contributed by atoms with Gasteiger partial charge in [-0.2, -0.15) is 5.10 Å². The highest BCUT2D eigenvalue weighted by Crippen LogP contribution is 2.35. The van der Waals surface area contributed by atoms with Crippen molar-refractivity contribution in [3.8, 4) is 5.75 Å². The Bertz CT molecular complexity index is 1320. The van der Waals surface area contributed by atoms with Crippen LogP contribution in [-0.2, 0) is 26.2 Å². The lowest BCUT2D eigenvalue weighted by atomic mass is 9.93. The smallest absolute Gasteiger partial charge is 0.341 e. The predicted octanol–water partition coefficient (Wildman–Crippen LogP) is 2.58. The lowest BCUT2D eigenvalue weighted by molar-refractivity contribution is -0.134. The molecule has 0 saturated carbocycles. The van der Waals surface area contributed by atoms with Crippen LogP contribution < -0.4 is 15.4 Å². The van der Waals surface area contributed by atoms with Gasteiger partial charge in [0.25, 0.3) is 5.91 Å². The van der Waals surface area contributed by atoms with Crippen molar-refractivity contribution in [1.82, 2.24) is 15.1 Å². The summed E-state index contributed by atoms with van der Waals surface area (Å²) in [5, 5.41) is 10.7. The number of amides is 3. The first-order chi connectivity index (χ1) is 16.2. The largest absolute Gasteiger partial charge is 0.481 e. The molecule has 10 nitrogen and oxygen atoms in total. The minimum Gasteiger partial charge on any atom is -0.481 e. The number of ether oxygens (including phenoxy) is 2. The van der Waals surface area contributed by atoms with Crippen LogP contribution in [0.4, 0.5) is 5.00 Å². The zero-order valence-electron chi connectivity index (χ0n) is 19.2. The van der Waals surface area contributed by atoms with Crippen LogP contribution in [0.3, 0.4) is 0 Å². The Morgan fingerprint density at radius 2 is 2.06 bits per heavy atom. The van der Waals surface area contributed by atoms with Crippen molar-refractivity contribution in [2.24, 2.45) is 7.05 Å². The van der Waals surface area contributed by atoms with E-state index in [-0.39, 0.29) is 24.8 Å². The number of aryl methyl sites for hydroxylation is 2. The number of nitrogens with zero attached hydrogens (tertiary/aromatic N) is 2. The first-order valence-corrected chi connectivity index (χ1v) is 11.4. The SMILES string of the molecule is COC(=O)c1c(NC(=O)COc2cccc3c(C4CCC(=O)NC4=O)nn(C)c23)sc(C)c1C. The van der Waals surface area contributed by atoms with Crippen LogP contribution in [0, 0.1) is 13.8 Å². The molecule has 1 aromatic carbocycles. The second-order valence-electron chi connectivity index (χ2n) is 7.98. The average molecular weight is 485 g/mol. The summed E-state index contributed by atoms with van der Waals surface area (Å²) in [5.41, 5.74) is 2.28. The van der Waals surface area contributed by atoms with E-state index in [2.05, 4.69) is 15.7 Å². The molecule has 4 rings (SSSR count). The Morgan fingerprint density at radius 3 is 2.76 bits per heavy atom. The Kier molecular flexibility index (Phi) is 6.38. The number of anilines is 1. The third-order valence-electron chi connectivity index (χ3n) is 5.81. The summed E-state index contributed by atoms with van der Waals surface area (Å²) < 4.78 is 12.2. The standard InChI is InChI=1S/C23H24N4O6S/c1-11-12(2)34-22(18(11)23(31)32-4)25-17(29)10-33-15-7-5-6-13-19(26-27(3)20(13)15)14-8-9-16(28)24-21(14)30/h5-7,14H,8-10H2,1-4H3,(H,25,29)(H,24,28,30). The van der Waals surface area contributed by atoms with E-state index >= 15 is 0 Å². The van der Waals surface area contributed by atoms with Crippen molar-refractivity contribution in [2.45, 2.75) is 32.6 Å². The Hall–Kier alpha value is -3.73. The zero-order chi connectivity index (χ0) is 24.6. The molecule has 0 aliphatic carbocycles. The summed E-state index contributed by atoms with van der Waals surface area (Å²) in [4.78, 5) is 49.5. The van der Waals surface area contributed by atoms with Crippen LogP contribution in [0.1, 0.15) is 45.3 Å². The molecular formula is C23H24N4O6S. The molecule has 11 heteroatoms. The third-order valence-corrected chi connectivity index (χ3v) is 6.93. The summed E-state index contributed by atoms with van der Waals surface area (Å²) in [6.45, 7) is 3.36. The van der Waals surface area contributed by atoms with E-state index in [0.717, 1.165) is 10.4 Å². The van der Waals surface area contributed by atoms with Crippen LogP contribution in [0.15, 0.2) is 18.2 Å². The minimum absolute atomic E-state index is 0.250. The number of aromatic nitrogens is 2. The topological polar surface area (TPSA) is 129 Å². The highest BCUT2D eigenvalue weighted by atomic mass is 32.1. The number of esters is 1. The van der Waals surface area contributed by atoms with Gasteiger partial charge in [0.1, 0.15) is 16.3 Å². The van der Waals surface area contributed by atoms with Gasteiger partial charge in [0.2, 0.25) is 11.8 Å². The van der Waals surface area contributed by atoms with Crippen LogP contribution in [0.2, 0.25) is 0 Å². The molecule has 1 saturated heterocycles. The van der Waals surface area contributed by atoms with Gasteiger partial charge in [-0.3, -0.25) is 24.4 Å². The molecule has 3 aromatic rings. The van der Waals surface area contributed by atoms with Gasteiger partial charge in [0, 0.05) is 23.7 Å². The molecule has 0 radical (unpaired) electrons. The van der Waals surface area contributed by atoms with E-state index in [1.165, 1.54) is 18.4 Å². The van der Waals surface area contributed by atoms with Crippen molar-refractivity contribution in [1.29, 1.82) is 0 Å². The molecule has 1 atom stereocenters. The molecule has 1 unspecified atom stereocenters. The number of para-hydroxylation sites is 1. The van der Waals surface area contributed by atoms with Crippen molar-refractivity contribution < 1.29 is 28.7 Å². The van der Waals surface area contributed by atoms with Gasteiger partial charge in [-0.15, -0.1) is 11.3 Å². The Balaban J connectivity index is 1.54. The molecule has 2 aromatic heterocycles.